The molecule has 0 heterocycles. The first-order chi connectivity index (χ1) is 23.9. The van der Waals surface area contributed by atoms with Gasteiger partial charge < -0.3 is 33.9 Å². The molecule has 0 aliphatic carbocycles. The van der Waals surface area contributed by atoms with Crippen LogP contribution < -0.4 is 9.47 Å². The molecule has 2 amide bonds. The first kappa shape index (κ1) is 47.1. The predicted octanol–water partition coefficient (Wildman–Crippen LogP) is 5.86. The number of nitro groups is 2. The number of phenols is 1. The van der Waals surface area contributed by atoms with E-state index >= 15 is 0 Å². The van der Waals surface area contributed by atoms with E-state index in [1.807, 2.05) is 0 Å². The van der Waals surface area contributed by atoms with Crippen molar-refractivity contribution in [2.75, 3.05) is 34.3 Å². The van der Waals surface area contributed by atoms with E-state index in [4.69, 9.17) is 29.3 Å². The van der Waals surface area contributed by atoms with Crippen LogP contribution in [0, 0.1) is 27.2 Å². The Balaban J connectivity index is 0.000000954. The Hall–Kier alpha value is -4.91. The first-order valence-electron chi connectivity index (χ1n) is 14.9. The molecule has 0 spiro atoms. The molecule has 0 fully saturated rings. The van der Waals surface area contributed by atoms with Gasteiger partial charge in [0.05, 0.1) is 17.0 Å². The number of nitrogens with zero attached hydrogens (tertiary/aromatic N) is 4. The van der Waals surface area contributed by atoms with Crippen molar-refractivity contribution in [1.29, 1.82) is 0 Å². The van der Waals surface area contributed by atoms with Crippen molar-refractivity contribution in [3.05, 3.63) is 97.6 Å². The van der Waals surface area contributed by atoms with Crippen molar-refractivity contribution < 1.29 is 91.1 Å². The van der Waals surface area contributed by atoms with E-state index < -0.39 is 27.6 Å². The van der Waals surface area contributed by atoms with Gasteiger partial charge in [0.15, 0.2) is 0 Å². The summed E-state index contributed by atoms with van der Waals surface area (Å²) in [6.45, 7) is 7.47. The Kier molecular flexibility index (Phi) is 21.3. The summed E-state index contributed by atoms with van der Waals surface area (Å²) in [4.78, 5) is 61.2. The summed E-state index contributed by atoms with van der Waals surface area (Å²) in [6.07, 6.45) is -1.19. The van der Waals surface area contributed by atoms with Crippen LogP contribution in [0.1, 0.15) is 37.5 Å². The van der Waals surface area contributed by atoms with Gasteiger partial charge in [-0.25, -0.2) is 14.5 Å². The summed E-state index contributed by atoms with van der Waals surface area (Å²) in [5.41, 5.74) is 1.10. The number of hydrogen-bond donors (Lipinski definition) is 2. The molecule has 1 radical (unpaired) electrons. The number of amides is 2. The summed E-state index contributed by atoms with van der Waals surface area (Å²) >= 11 is 0. The number of carbonyl (C=O) groups excluding carboxylic acids is 3. The van der Waals surface area contributed by atoms with Gasteiger partial charge in [-0.3, -0.25) is 30.3 Å². The maximum atomic E-state index is 12.5. The number of aryl methyl sites for hydroxylation is 1. The third kappa shape index (κ3) is 17.8. The van der Waals surface area contributed by atoms with Gasteiger partial charge in [-0.2, -0.15) is 0 Å². The number of aromatic hydroxyl groups is 1. The Morgan fingerprint density at radius 2 is 1.31 bits per heavy atom. The average Bonchev–Trinajstić information content (AvgIpc) is 3.07. The molecule has 18 nitrogen and oxygen atoms in total. The number of phenolic OH excluding ortho intramolecular Hbond substituents is 1. The Morgan fingerprint density at radius 3 is 1.73 bits per heavy atom. The molecule has 0 bridgehead atoms. The maximum Gasteiger partial charge on any atom is 0.415 e. The number of benzene rings is 3. The van der Waals surface area contributed by atoms with Crippen LogP contribution in [0.15, 0.2) is 60.7 Å². The largest absolute Gasteiger partial charge is 0.508 e. The molecule has 19 heteroatoms. The fourth-order valence-corrected chi connectivity index (χ4v) is 3.73. The summed E-state index contributed by atoms with van der Waals surface area (Å²) < 4.78 is 20.4. The number of non-ortho nitro benzene ring substituents is 2. The number of carbonyl (C=O) groups is 3. The van der Waals surface area contributed by atoms with E-state index in [0.717, 1.165) is 5.56 Å². The normalized spacial score (nSPS) is 10.0. The molecule has 2 N–H and O–H groups in total. The number of ether oxygens (including phenoxy) is 4. The molecular formula is C33H42N4O14Y. The third-order valence-electron chi connectivity index (χ3n) is 6.23. The van der Waals surface area contributed by atoms with Crippen molar-refractivity contribution >= 4 is 30.0 Å². The van der Waals surface area contributed by atoms with Crippen LogP contribution in [0.5, 0.6) is 17.2 Å². The average molecular weight is 808 g/mol. The van der Waals surface area contributed by atoms with Gasteiger partial charge in [0.1, 0.15) is 36.1 Å². The molecule has 0 aliphatic heterocycles. The number of methoxy groups -OCH3 is 1. The summed E-state index contributed by atoms with van der Waals surface area (Å²) in [5, 5.41) is 37.8. The van der Waals surface area contributed by atoms with Crippen molar-refractivity contribution in [1.82, 2.24) is 9.80 Å². The monoisotopic (exact) mass is 807 g/mol. The van der Waals surface area contributed by atoms with Crippen LogP contribution in [0.25, 0.3) is 0 Å². The molecule has 52 heavy (non-hydrogen) atoms. The van der Waals surface area contributed by atoms with E-state index in [1.54, 1.807) is 59.0 Å². The van der Waals surface area contributed by atoms with E-state index in [2.05, 4.69) is 4.89 Å². The summed E-state index contributed by atoms with van der Waals surface area (Å²) in [7, 11) is 4.60. The van der Waals surface area contributed by atoms with Crippen LogP contribution in [-0.2, 0) is 65.1 Å². The van der Waals surface area contributed by atoms with Crippen LogP contribution >= 0.6 is 0 Å². The van der Waals surface area contributed by atoms with Crippen molar-refractivity contribution in [3.8, 4) is 17.2 Å². The Morgan fingerprint density at radius 1 is 0.846 bits per heavy atom. The van der Waals surface area contributed by atoms with E-state index in [9.17, 15) is 34.6 Å². The van der Waals surface area contributed by atoms with Crippen LogP contribution in [0.2, 0.25) is 0 Å². The zero-order valence-corrected chi connectivity index (χ0v) is 32.7. The van der Waals surface area contributed by atoms with E-state index in [1.165, 1.54) is 60.4 Å². The molecule has 0 aliphatic rings. The molecule has 3 aromatic carbocycles. The minimum atomic E-state index is -0.692. The second kappa shape index (κ2) is 23.5. The van der Waals surface area contributed by atoms with Crippen molar-refractivity contribution in [3.63, 3.8) is 0 Å². The number of hydrogen-bond acceptors (Lipinski definition) is 14. The summed E-state index contributed by atoms with van der Waals surface area (Å²) in [6, 6.07) is 14.3. The molecular weight excluding hydrogens is 765 g/mol. The maximum absolute atomic E-state index is 12.5. The molecule has 0 aromatic heterocycles. The quantitative estimate of drug-likeness (QED) is 0.0946. The Labute approximate surface area is 325 Å². The van der Waals surface area contributed by atoms with Gasteiger partial charge in [-0.05, 0) is 64.1 Å². The fraction of sp³-hybridized carbons (Fsp3) is 0.364. The zero-order valence-electron chi connectivity index (χ0n) is 29.8. The molecule has 3 rings (SSSR count). The smallest absolute Gasteiger partial charge is 0.415 e. The molecule has 0 saturated carbocycles. The van der Waals surface area contributed by atoms with Crippen molar-refractivity contribution in [2.45, 2.75) is 46.5 Å². The number of likely N-dealkylation sites (N-methyl/N-ethyl adjacent to an activating group) is 2. The number of rotatable bonds is 12. The van der Waals surface area contributed by atoms with Gasteiger partial charge in [0.25, 0.3) is 17.8 Å². The Bertz CT molecular complexity index is 1600. The molecule has 0 atom stereocenters. The van der Waals surface area contributed by atoms with Crippen molar-refractivity contribution in [2.24, 2.45) is 0 Å². The summed E-state index contributed by atoms with van der Waals surface area (Å²) in [5.74, 6) is 0.787. The zero-order chi connectivity index (χ0) is 38.7. The third-order valence-corrected chi connectivity index (χ3v) is 6.23. The van der Waals surface area contributed by atoms with E-state index in [0.29, 0.717) is 16.9 Å². The molecule has 0 saturated heterocycles. The minimum Gasteiger partial charge on any atom is -0.508 e. The second-order valence-corrected chi connectivity index (χ2v) is 11.5. The number of nitro benzene ring substituents is 2. The fourth-order valence-electron chi connectivity index (χ4n) is 3.73. The van der Waals surface area contributed by atoms with E-state index in [-0.39, 0.29) is 88.4 Å². The second-order valence-electron chi connectivity index (χ2n) is 11.5. The SMILES string of the molecule is COc1ccc([N+](=O)[O-])cc1.Cc1cc(COO)c(OC(=O)N(C)CCN(C)C(=O)OC(C)(C)C)c(COC=O)c1.O=[N+]([O-])c1ccc(O)cc1.[Y]. The molecule has 0 unspecified atom stereocenters. The molecule has 3 aromatic rings. The molecule has 281 valence electrons. The van der Waals surface area contributed by atoms with Crippen LogP contribution in [0.3, 0.4) is 0 Å². The standard InChI is InChI=1S/C20H30N2O8.C7H7NO3.C6H5NO3.Y/c1-14-9-15(11-27-13-23)17(16(10-14)12-28-26)29-18(24)21(5)7-8-22(6)19(25)30-20(2,3)4;1-11-7-4-2-6(3-5-7)8(9)10;8-6-3-1-5(2-4-6)7(9)10;/h9-10,13,26H,7-8,11-12H2,1-6H3;2-5H,1H3;1-4,8H;. The van der Waals surface area contributed by atoms with Crippen LogP contribution in [-0.4, -0.2) is 88.6 Å². The topological polar surface area (TPSA) is 231 Å². The predicted molar refractivity (Wildman–Crippen MR) is 181 cm³/mol. The van der Waals surface area contributed by atoms with Gasteiger partial charge in [0.2, 0.25) is 0 Å². The van der Waals surface area contributed by atoms with Gasteiger partial charge in [-0.15, -0.1) is 0 Å². The minimum absolute atomic E-state index is 0. The van der Waals surface area contributed by atoms with Gasteiger partial charge in [-0.1, -0.05) is 5.56 Å². The van der Waals surface area contributed by atoms with Gasteiger partial charge >= 0.3 is 12.2 Å². The van der Waals surface area contributed by atoms with Gasteiger partial charge in [0, 0.05) is 95.3 Å². The first-order valence-corrected chi connectivity index (χ1v) is 14.9. The van der Waals surface area contributed by atoms with Crippen LogP contribution in [0.4, 0.5) is 21.0 Å².